The first-order chi connectivity index (χ1) is 9.17. The van der Waals surface area contributed by atoms with Gasteiger partial charge < -0.3 is 4.74 Å². The van der Waals surface area contributed by atoms with Crippen LogP contribution in [0, 0.1) is 0 Å². The standard InChI is InChI=1S/C11H9Cl2N5O/c1-19-8-4-14-17(5-8)18-6-9-10(13)2-7(12)3-11(9)15-16-18/h2-6,16H,1H3. The number of aromatic nitrogens is 2. The molecule has 0 radical (unpaired) electrons. The zero-order valence-corrected chi connectivity index (χ0v) is 11.4. The lowest BCUT2D eigenvalue weighted by Crippen LogP contribution is -2.48. The summed E-state index contributed by atoms with van der Waals surface area (Å²) < 4.78 is 5.07. The Morgan fingerprint density at radius 1 is 1.32 bits per heavy atom. The van der Waals surface area contributed by atoms with Crippen molar-refractivity contribution in [1.29, 1.82) is 0 Å². The number of nitrogens with one attached hydrogen (secondary N) is 1. The van der Waals surface area contributed by atoms with E-state index < -0.39 is 0 Å². The van der Waals surface area contributed by atoms with E-state index in [9.17, 15) is 0 Å². The number of halogens is 2. The van der Waals surface area contributed by atoms with Gasteiger partial charge in [-0.2, -0.15) is 25.6 Å². The zero-order valence-electron chi connectivity index (χ0n) is 9.84. The highest BCUT2D eigenvalue weighted by molar-refractivity contribution is 6.34. The summed E-state index contributed by atoms with van der Waals surface area (Å²) in [5.74, 6) is 0.642. The van der Waals surface area contributed by atoms with E-state index in [1.165, 1.54) is 4.79 Å². The molecule has 0 atom stereocenters. The third kappa shape index (κ3) is 2.20. The van der Waals surface area contributed by atoms with Crippen molar-refractivity contribution < 1.29 is 4.74 Å². The topological polar surface area (TPSA) is 54.7 Å². The van der Waals surface area contributed by atoms with Crippen LogP contribution in [0.4, 0.5) is 0 Å². The van der Waals surface area contributed by atoms with Crippen LogP contribution in [0.2, 0.25) is 10.0 Å². The summed E-state index contributed by atoms with van der Waals surface area (Å²) in [6.45, 7) is 0. The van der Waals surface area contributed by atoms with E-state index in [0.717, 1.165) is 5.22 Å². The molecule has 0 bridgehead atoms. The van der Waals surface area contributed by atoms with Crippen LogP contribution in [0.5, 0.6) is 5.75 Å². The lowest BCUT2D eigenvalue weighted by Gasteiger charge is -2.21. The molecule has 2 heterocycles. The maximum Gasteiger partial charge on any atom is 0.159 e. The minimum Gasteiger partial charge on any atom is -0.493 e. The van der Waals surface area contributed by atoms with Crippen molar-refractivity contribution in [3.05, 3.63) is 45.1 Å². The first-order valence-electron chi connectivity index (χ1n) is 5.36. The zero-order chi connectivity index (χ0) is 13.4. The maximum atomic E-state index is 6.15. The quantitative estimate of drug-likeness (QED) is 0.883. The third-order valence-corrected chi connectivity index (χ3v) is 3.13. The van der Waals surface area contributed by atoms with Gasteiger partial charge in [-0.05, 0) is 12.1 Å². The van der Waals surface area contributed by atoms with Crippen molar-refractivity contribution >= 4 is 29.4 Å². The number of benzene rings is 1. The number of hydrogen-bond donors (Lipinski definition) is 1. The number of hydrazine groups is 1. The van der Waals surface area contributed by atoms with Crippen molar-refractivity contribution in [2.45, 2.75) is 0 Å². The van der Waals surface area contributed by atoms with Crippen molar-refractivity contribution in [3.63, 3.8) is 0 Å². The summed E-state index contributed by atoms with van der Waals surface area (Å²) in [5, 5.41) is 12.4. The molecule has 1 aromatic carbocycles. The summed E-state index contributed by atoms with van der Waals surface area (Å²) in [7, 11) is 1.58. The van der Waals surface area contributed by atoms with Gasteiger partial charge in [0.2, 0.25) is 0 Å². The average Bonchev–Trinajstić information content (AvgIpc) is 2.87. The number of rotatable bonds is 2. The summed E-state index contributed by atoms with van der Waals surface area (Å²) in [4.78, 5) is 1.54. The molecule has 98 valence electrons. The SMILES string of the molecule is COc1cnn(N2C=c3c(Cl)cc(Cl)cc3=NN2)c1. The molecule has 0 spiro atoms. The third-order valence-electron chi connectivity index (χ3n) is 2.60. The first kappa shape index (κ1) is 12.1. The van der Waals surface area contributed by atoms with Crippen LogP contribution in [0.15, 0.2) is 29.6 Å². The molecule has 2 aromatic rings. The van der Waals surface area contributed by atoms with Crippen molar-refractivity contribution in [3.8, 4) is 5.75 Å². The fraction of sp³-hybridized carbons (Fsp3) is 0.0909. The number of nitrogens with zero attached hydrogens (tertiary/aromatic N) is 4. The molecule has 1 aromatic heterocycles. The molecule has 1 aliphatic heterocycles. The van der Waals surface area contributed by atoms with E-state index >= 15 is 0 Å². The molecule has 6 nitrogen and oxygen atoms in total. The molecule has 8 heteroatoms. The Morgan fingerprint density at radius 3 is 2.89 bits per heavy atom. The Kier molecular flexibility index (Phi) is 2.96. The molecule has 0 fully saturated rings. The highest BCUT2D eigenvalue weighted by Gasteiger charge is 2.10. The van der Waals surface area contributed by atoms with Gasteiger partial charge in [0, 0.05) is 10.2 Å². The van der Waals surface area contributed by atoms with Gasteiger partial charge in [-0.25, -0.2) is 0 Å². The molecule has 19 heavy (non-hydrogen) atoms. The minimum absolute atomic E-state index is 0.525. The van der Waals surface area contributed by atoms with Gasteiger partial charge in [0.1, 0.15) is 0 Å². The van der Waals surface area contributed by atoms with Crippen LogP contribution in [0.1, 0.15) is 0 Å². The first-order valence-corrected chi connectivity index (χ1v) is 6.11. The molecule has 0 unspecified atom stereocenters. The summed E-state index contributed by atoms with van der Waals surface area (Å²) in [5.41, 5.74) is 2.81. The van der Waals surface area contributed by atoms with Gasteiger partial charge in [0.15, 0.2) is 5.75 Å². The Balaban J connectivity index is 2.06. The predicted octanol–water partition coefficient (Wildman–Crippen LogP) is 0.627. The van der Waals surface area contributed by atoms with Gasteiger partial charge in [0.25, 0.3) is 0 Å². The van der Waals surface area contributed by atoms with E-state index in [1.54, 1.807) is 43.0 Å². The largest absolute Gasteiger partial charge is 0.493 e. The monoisotopic (exact) mass is 297 g/mol. The number of ether oxygens (including phenoxy) is 1. The fourth-order valence-corrected chi connectivity index (χ4v) is 2.20. The van der Waals surface area contributed by atoms with Crippen LogP contribution in [0.25, 0.3) is 6.20 Å². The minimum atomic E-state index is 0.525. The highest BCUT2D eigenvalue weighted by atomic mass is 35.5. The molecular weight excluding hydrogens is 289 g/mol. The fourth-order valence-electron chi connectivity index (χ4n) is 1.67. The Bertz CT molecular complexity index is 742. The van der Waals surface area contributed by atoms with Crippen LogP contribution in [-0.2, 0) is 0 Å². The molecular formula is C11H9Cl2N5O. The molecule has 0 aliphatic carbocycles. The van der Waals surface area contributed by atoms with Crippen LogP contribution < -0.4 is 26.0 Å². The number of methoxy groups -OCH3 is 1. The molecule has 0 saturated carbocycles. The lowest BCUT2D eigenvalue weighted by atomic mass is 10.3. The smallest absolute Gasteiger partial charge is 0.159 e. The van der Waals surface area contributed by atoms with Gasteiger partial charge >= 0.3 is 0 Å². The van der Waals surface area contributed by atoms with Crippen LogP contribution in [-0.4, -0.2) is 17.0 Å². The van der Waals surface area contributed by atoms with E-state index in [-0.39, 0.29) is 0 Å². The van der Waals surface area contributed by atoms with Gasteiger partial charge in [-0.3, -0.25) is 0 Å². The van der Waals surface area contributed by atoms with Crippen molar-refractivity contribution in [2.24, 2.45) is 5.10 Å². The molecule has 0 amide bonds. The molecule has 1 aliphatic rings. The highest BCUT2D eigenvalue weighted by Crippen LogP contribution is 2.10. The number of fused-ring (bicyclic) bond motifs is 1. The van der Waals surface area contributed by atoms with Crippen molar-refractivity contribution in [1.82, 2.24) is 15.4 Å². The lowest BCUT2D eigenvalue weighted by molar-refractivity contribution is 0.413. The van der Waals surface area contributed by atoms with Crippen molar-refractivity contribution in [2.75, 3.05) is 12.2 Å². The Hall–Kier alpha value is -1.92. The second kappa shape index (κ2) is 4.64. The van der Waals surface area contributed by atoms with Gasteiger partial charge in [-0.15, -0.1) is 0 Å². The summed E-state index contributed by atoms with van der Waals surface area (Å²) in [6, 6.07) is 3.40. The molecule has 1 N–H and O–H groups in total. The molecule has 0 saturated heterocycles. The van der Waals surface area contributed by atoms with Crippen LogP contribution >= 0.6 is 23.2 Å². The van der Waals surface area contributed by atoms with E-state index in [2.05, 4.69) is 15.7 Å². The second-order valence-electron chi connectivity index (χ2n) is 3.81. The predicted molar refractivity (Wildman–Crippen MR) is 71.8 cm³/mol. The summed E-state index contributed by atoms with van der Waals surface area (Å²) in [6.07, 6.45) is 5.07. The Morgan fingerprint density at radius 2 is 2.16 bits per heavy atom. The maximum absolute atomic E-state index is 6.15. The molecule has 3 rings (SSSR count). The van der Waals surface area contributed by atoms with E-state index in [0.29, 0.717) is 21.2 Å². The van der Waals surface area contributed by atoms with Gasteiger partial charge in [0.05, 0.1) is 36.1 Å². The summed E-state index contributed by atoms with van der Waals surface area (Å²) >= 11 is 12.1. The van der Waals surface area contributed by atoms with E-state index in [4.69, 9.17) is 27.9 Å². The van der Waals surface area contributed by atoms with Crippen LogP contribution in [0.3, 0.4) is 0 Å². The second-order valence-corrected chi connectivity index (χ2v) is 4.65. The van der Waals surface area contributed by atoms with Gasteiger partial charge in [-0.1, -0.05) is 23.2 Å². The Labute approximate surface area is 118 Å². The average molecular weight is 298 g/mol. The normalized spacial score (nSPS) is 13.1. The number of hydrogen-bond acceptors (Lipinski definition) is 5. The van der Waals surface area contributed by atoms with E-state index in [1.807, 2.05) is 0 Å².